The maximum absolute atomic E-state index is 10.2. The normalized spacial score (nSPS) is 9.88. The van der Waals surface area contributed by atoms with Gasteiger partial charge in [-0.25, -0.2) is 10.1 Å². The molecule has 0 atom stereocenters. The largest absolute Gasteiger partial charge is 0.235 e. The van der Waals surface area contributed by atoms with Crippen LogP contribution in [0.4, 0.5) is 5.69 Å². The zero-order chi connectivity index (χ0) is 12.1. The van der Waals surface area contributed by atoms with E-state index in [9.17, 15) is 10.1 Å². The molecule has 17 heavy (non-hydrogen) atoms. The monoisotopic (exact) mass is 246 g/mol. The van der Waals surface area contributed by atoms with E-state index in [2.05, 4.69) is 5.43 Å². The SMILES string of the molecule is O=[N+]([O-])Nc1ccc(Sc2ccccc2)cc1. The average molecular weight is 246 g/mol. The van der Waals surface area contributed by atoms with Gasteiger partial charge in [0.25, 0.3) is 0 Å². The lowest BCUT2D eigenvalue weighted by Crippen LogP contribution is -2.07. The molecule has 5 heteroatoms. The highest BCUT2D eigenvalue weighted by atomic mass is 32.2. The molecule has 0 saturated heterocycles. The summed E-state index contributed by atoms with van der Waals surface area (Å²) >= 11 is 1.62. The summed E-state index contributed by atoms with van der Waals surface area (Å²) in [5.41, 5.74) is 2.59. The van der Waals surface area contributed by atoms with Crippen molar-refractivity contribution in [1.29, 1.82) is 0 Å². The van der Waals surface area contributed by atoms with Crippen LogP contribution in [0.1, 0.15) is 0 Å². The Morgan fingerprint density at radius 3 is 2.12 bits per heavy atom. The quantitative estimate of drug-likeness (QED) is 0.663. The van der Waals surface area contributed by atoms with Gasteiger partial charge in [0.05, 0.1) is 0 Å². The summed E-state index contributed by atoms with van der Waals surface area (Å²) in [4.78, 5) is 12.4. The standard InChI is InChI=1S/C12H10N2O2S/c15-14(16)13-10-6-8-12(9-7-10)17-11-4-2-1-3-5-11/h1-9,13H. The van der Waals surface area contributed by atoms with Crippen LogP contribution in [0.2, 0.25) is 0 Å². The van der Waals surface area contributed by atoms with E-state index in [4.69, 9.17) is 0 Å². The lowest BCUT2D eigenvalue weighted by atomic mass is 10.3. The molecule has 0 aliphatic rings. The van der Waals surface area contributed by atoms with Crippen LogP contribution in [0.5, 0.6) is 0 Å². The summed E-state index contributed by atoms with van der Waals surface area (Å²) in [5.74, 6) is 0. The van der Waals surface area contributed by atoms with E-state index in [0.29, 0.717) is 5.69 Å². The first-order valence-electron chi connectivity index (χ1n) is 4.98. The maximum atomic E-state index is 10.2. The van der Waals surface area contributed by atoms with E-state index in [0.717, 1.165) is 9.79 Å². The van der Waals surface area contributed by atoms with Gasteiger partial charge in [-0.15, -0.1) is 5.43 Å². The summed E-state index contributed by atoms with van der Waals surface area (Å²) in [6, 6.07) is 17.0. The molecule has 2 rings (SSSR count). The van der Waals surface area contributed by atoms with Crippen LogP contribution >= 0.6 is 11.8 Å². The Morgan fingerprint density at radius 2 is 1.53 bits per heavy atom. The second kappa shape index (κ2) is 5.36. The van der Waals surface area contributed by atoms with Crippen molar-refractivity contribution in [2.24, 2.45) is 0 Å². The van der Waals surface area contributed by atoms with Gasteiger partial charge in [0.1, 0.15) is 5.69 Å². The number of nitrogens with zero attached hydrogens (tertiary/aromatic N) is 1. The first-order chi connectivity index (χ1) is 8.24. The van der Waals surface area contributed by atoms with E-state index >= 15 is 0 Å². The Hall–Kier alpha value is -2.01. The number of anilines is 1. The maximum Gasteiger partial charge on any atom is 0.162 e. The molecule has 0 aromatic heterocycles. The van der Waals surface area contributed by atoms with Gasteiger partial charge in [-0.05, 0) is 36.4 Å². The van der Waals surface area contributed by atoms with Crippen LogP contribution in [-0.2, 0) is 0 Å². The van der Waals surface area contributed by atoms with E-state index in [1.807, 2.05) is 42.5 Å². The minimum absolute atomic E-state index is 0.479. The van der Waals surface area contributed by atoms with Gasteiger partial charge in [0.2, 0.25) is 0 Å². The second-order valence-corrected chi connectivity index (χ2v) is 4.46. The molecule has 0 amide bonds. The van der Waals surface area contributed by atoms with Gasteiger partial charge in [0, 0.05) is 9.79 Å². The number of benzene rings is 2. The van der Waals surface area contributed by atoms with Crippen LogP contribution in [0.3, 0.4) is 0 Å². The predicted molar refractivity (Wildman–Crippen MR) is 67.6 cm³/mol. The van der Waals surface area contributed by atoms with Crippen molar-refractivity contribution in [2.45, 2.75) is 9.79 Å². The van der Waals surface area contributed by atoms with E-state index < -0.39 is 5.03 Å². The van der Waals surface area contributed by atoms with Gasteiger partial charge in [-0.3, -0.25) is 0 Å². The van der Waals surface area contributed by atoms with E-state index in [1.54, 1.807) is 23.9 Å². The summed E-state index contributed by atoms with van der Waals surface area (Å²) in [6.07, 6.45) is 0. The van der Waals surface area contributed by atoms with Gasteiger partial charge >= 0.3 is 0 Å². The fourth-order valence-electron chi connectivity index (χ4n) is 1.33. The fraction of sp³-hybridized carbons (Fsp3) is 0. The third-order valence-electron chi connectivity index (χ3n) is 2.05. The molecule has 2 aromatic carbocycles. The molecule has 0 fully saturated rings. The van der Waals surface area contributed by atoms with Gasteiger partial charge in [-0.1, -0.05) is 30.0 Å². The average Bonchev–Trinajstić information content (AvgIpc) is 2.32. The number of nitro groups is 1. The van der Waals surface area contributed by atoms with Gasteiger partial charge in [0.15, 0.2) is 5.03 Å². The molecule has 0 radical (unpaired) electrons. The Kier molecular flexibility index (Phi) is 3.62. The molecule has 0 bridgehead atoms. The minimum atomic E-state index is -0.570. The van der Waals surface area contributed by atoms with Gasteiger partial charge in [-0.2, -0.15) is 0 Å². The van der Waals surface area contributed by atoms with Crippen LogP contribution in [0.25, 0.3) is 0 Å². The topological polar surface area (TPSA) is 55.2 Å². The summed E-state index contributed by atoms with van der Waals surface area (Å²) in [6.45, 7) is 0. The van der Waals surface area contributed by atoms with Crippen LogP contribution < -0.4 is 5.43 Å². The number of rotatable bonds is 4. The van der Waals surface area contributed by atoms with Crippen LogP contribution in [0.15, 0.2) is 64.4 Å². The van der Waals surface area contributed by atoms with Crippen LogP contribution in [0, 0.1) is 10.1 Å². The molecule has 0 saturated carbocycles. The fourth-order valence-corrected chi connectivity index (χ4v) is 2.17. The lowest BCUT2D eigenvalue weighted by molar-refractivity contribution is -0.445. The zero-order valence-corrected chi connectivity index (χ0v) is 9.68. The molecular formula is C12H10N2O2S. The first-order valence-corrected chi connectivity index (χ1v) is 5.80. The smallest absolute Gasteiger partial charge is 0.162 e. The molecule has 86 valence electrons. The Labute approximate surface area is 103 Å². The van der Waals surface area contributed by atoms with Crippen molar-refractivity contribution in [3.63, 3.8) is 0 Å². The van der Waals surface area contributed by atoms with Crippen molar-refractivity contribution in [3.8, 4) is 0 Å². The number of hydrazine groups is 1. The molecule has 2 aromatic rings. The van der Waals surface area contributed by atoms with Crippen LogP contribution in [-0.4, -0.2) is 5.03 Å². The molecule has 0 unspecified atom stereocenters. The minimum Gasteiger partial charge on any atom is -0.235 e. The van der Waals surface area contributed by atoms with Crippen molar-refractivity contribution in [3.05, 3.63) is 64.7 Å². The third-order valence-corrected chi connectivity index (χ3v) is 3.07. The van der Waals surface area contributed by atoms with Gasteiger partial charge < -0.3 is 0 Å². The summed E-state index contributed by atoms with van der Waals surface area (Å²) in [5, 5.41) is 9.66. The highest BCUT2D eigenvalue weighted by molar-refractivity contribution is 7.99. The summed E-state index contributed by atoms with van der Waals surface area (Å²) in [7, 11) is 0. The number of hydrogen-bond acceptors (Lipinski definition) is 3. The third kappa shape index (κ3) is 3.49. The predicted octanol–water partition coefficient (Wildman–Crippen LogP) is 3.44. The van der Waals surface area contributed by atoms with E-state index in [-0.39, 0.29) is 0 Å². The van der Waals surface area contributed by atoms with Crippen molar-refractivity contribution < 1.29 is 5.03 Å². The Morgan fingerprint density at radius 1 is 0.941 bits per heavy atom. The first kappa shape index (κ1) is 11.5. The number of nitrogens with one attached hydrogen (secondary N) is 1. The number of hydrogen-bond donors (Lipinski definition) is 1. The second-order valence-electron chi connectivity index (χ2n) is 3.31. The molecule has 0 aliphatic heterocycles. The molecule has 4 nitrogen and oxygen atoms in total. The Balaban J connectivity index is 2.06. The van der Waals surface area contributed by atoms with Crippen molar-refractivity contribution >= 4 is 17.4 Å². The van der Waals surface area contributed by atoms with Crippen molar-refractivity contribution in [1.82, 2.24) is 0 Å². The molecule has 0 heterocycles. The molecule has 1 N–H and O–H groups in total. The lowest BCUT2D eigenvalue weighted by Gasteiger charge is -2.02. The zero-order valence-electron chi connectivity index (χ0n) is 8.87. The highest BCUT2D eigenvalue weighted by Gasteiger charge is 2.00. The Bertz CT molecular complexity index is 500. The highest BCUT2D eigenvalue weighted by Crippen LogP contribution is 2.27. The van der Waals surface area contributed by atoms with Crippen molar-refractivity contribution in [2.75, 3.05) is 5.43 Å². The van der Waals surface area contributed by atoms with E-state index in [1.165, 1.54) is 0 Å². The molecule has 0 spiro atoms. The molecule has 0 aliphatic carbocycles. The summed E-state index contributed by atoms with van der Waals surface area (Å²) < 4.78 is 0. The molecular weight excluding hydrogens is 236 g/mol.